The summed E-state index contributed by atoms with van der Waals surface area (Å²) in [7, 11) is 0. The van der Waals surface area contributed by atoms with Gasteiger partial charge < -0.3 is 9.64 Å². The molecule has 1 aromatic carbocycles. The first-order valence-corrected chi connectivity index (χ1v) is 10.6. The van der Waals surface area contributed by atoms with Crippen molar-refractivity contribution in [3.05, 3.63) is 48.0 Å². The first-order valence-electron chi connectivity index (χ1n) is 10.6. The van der Waals surface area contributed by atoms with Gasteiger partial charge in [-0.05, 0) is 30.2 Å². The number of ether oxygens (including phenoxy) is 1. The summed E-state index contributed by atoms with van der Waals surface area (Å²) in [4.78, 5) is 43.4. The largest absolute Gasteiger partial charge is 0.378 e. The minimum atomic E-state index is -0.777. The van der Waals surface area contributed by atoms with Gasteiger partial charge in [-0.2, -0.15) is 0 Å². The van der Waals surface area contributed by atoms with Crippen LogP contribution in [0, 0.1) is 23.7 Å². The first-order chi connectivity index (χ1) is 14.1. The van der Waals surface area contributed by atoms with Crippen LogP contribution in [0.25, 0.3) is 0 Å². The summed E-state index contributed by atoms with van der Waals surface area (Å²) in [5, 5.41) is 0. The molecule has 152 valence electrons. The second kappa shape index (κ2) is 7.41. The fraction of sp³-hybridized carbons (Fsp3) is 0.522. The lowest BCUT2D eigenvalue weighted by Crippen LogP contribution is -2.54. The Balaban J connectivity index is 1.48. The number of fused-ring (bicyclic) bond motifs is 1. The van der Waals surface area contributed by atoms with Gasteiger partial charge in [0.15, 0.2) is 0 Å². The number of imide groups is 1. The van der Waals surface area contributed by atoms with Crippen LogP contribution in [0.5, 0.6) is 0 Å². The van der Waals surface area contributed by atoms with Gasteiger partial charge >= 0.3 is 0 Å². The summed E-state index contributed by atoms with van der Waals surface area (Å²) in [6.45, 7) is 1.98. The van der Waals surface area contributed by atoms with E-state index in [1.807, 2.05) is 30.3 Å². The number of benzene rings is 1. The molecule has 3 fully saturated rings. The molecule has 6 rings (SSSR count). The number of rotatable bonds is 4. The monoisotopic (exact) mass is 394 g/mol. The normalized spacial score (nSPS) is 31.9. The summed E-state index contributed by atoms with van der Waals surface area (Å²) in [5.74, 6) is -0.769. The van der Waals surface area contributed by atoms with Crippen molar-refractivity contribution in [1.82, 2.24) is 9.80 Å². The van der Waals surface area contributed by atoms with Gasteiger partial charge in [-0.25, -0.2) is 0 Å². The van der Waals surface area contributed by atoms with Gasteiger partial charge in [0, 0.05) is 19.5 Å². The quantitative estimate of drug-likeness (QED) is 0.575. The molecule has 3 aliphatic carbocycles. The summed E-state index contributed by atoms with van der Waals surface area (Å²) in [6.07, 6.45) is 6.49. The zero-order chi connectivity index (χ0) is 20.0. The number of nitrogens with zero attached hydrogens (tertiary/aromatic N) is 2. The molecule has 29 heavy (non-hydrogen) atoms. The summed E-state index contributed by atoms with van der Waals surface area (Å²) in [6, 6.07) is 8.88. The molecule has 0 unspecified atom stereocenters. The van der Waals surface area contributed by atoms with Gasteiger partial charge in [0.1, 0.15) is 6.04 Å². The molecule has 5 aliphatic rings. The molecule has 2 saturated heterocycles. The van der Waals surface area contributed by atoms with Crippen molar-refractivity contribution in [2.45, 2.75) is 25.3 Å². The number of likely N-dealkylation sites (tertiary alicyclic amines) is 1. The lowest BCUT2D eigenvalue weighted by Gasteiger charge is -2.38. The number of hydrogen-bond donors (Lipinski definition) is 0. The van der Waals surface area contributed by atoms with E-state index >= 15 is 0 Å². The Morgan fingerprint density at radius 2 is 1.55 bits per heavy atom. The molecular weight excluding hydrogens is 368 g/mol. The van der Waals surface area contributed by atoms with Crippen LogP contribution >= 0.6 is 0 Å². The van der Waals surface area contributed by atoms with E-state index in [-0.39, 0.29) is 41.4 Å². The SMILES string of the molecule is O=C([C@H](Cc1ccccc1)N1C(=O)[C@H]2[C@H](C1=O)[C@H]1C=C[C@H]2CC1)N1CCOCC1. The Morgan fingerprint density at radius 1 is 0.966 bits per heavy atom. The molecule has 5 atom stereocenters. The molecule has 6 heteroatoms. The van der Waals surface area contributed by atoms with Crippen molar-refractivity contribution >= 4 is 17.7 Å². The summed E-state index contributed by atoms with van der Waals surface area (Å²) in [5.41, 5.74) is 0.954. The molecular formula is C23H26N2O4. The van der Waals surface area contributed by atoms with Crippen LogP contribution in [0.15, 0.2) is 42.5 Å². The second-order valence-electron chi connectivity index (χ2n) is 8.53. The Hall–Kier alpha value is -2.47. The van der Waals surface area contributed by atoms with Crippen molar-refractivity contribution in [2.24, 2.45) is 23.7 Å². The molecule has 2 bridgehead atoms. The number of amides is 3. The number of morpholine rings is 1. The minimum Gasteiger partial charge on any atom is -0.378 e. The van der Waals surface area contributed by atoms with E-state index < -0.39 is 6.04 Å². The fourth-order valence-electron chi connectivity index (χ4n) is 5.53. The van der Waals surface area contributed by atoms with Gasteiger partial charge in [-0.15, -0.1) is 0 Å². The second-order valence-corrected chi connectivity index (χ2v) is 8.53. The number of allylic oxidation sites excluding steroid dienone is 2. The van der Waals surface area contributed by atoms with Crippen molar-refractivity contribution in [3.63, 3.8) is 0 Å². The highest BCUT2D eigenvalue weighted by molar-refractivity contribution is 6.09. The molecule has 3 amide bonds. The van der Waals surface area contributed by atoms with Gasteiger partial charge in [-0.3, -0.25) is 19.3 Å². The van der Waals surface area contributed by atoms with E-state index in [0.717, 1.165) is 18.4 Å². The van der Waals surface area contributed by atoms with Crippen LogP contribution in [0.1, 0.15) is 18.4 Å². The van der Waals surface area contributed by atoms with Crippen molar-refractivity contribution in [2.75, 3.05) is 26.3 Å². The lowest BCUT2D eigenvalue weighted by molar-refractivity contribution is -0.153. The zero-order valence-corrected chi connectivity index (χ0v) is 16.4. The maximum Gasteiger partial charge on any atom is 0.246 e. The summed E-state index contributed by atoms with van der Waals surface area (Å²) < 4.78 is 5.38. The van der Waals surface area contributed by atoms with Gasteiger partial charge in [0.05, 0.1) is 25.0 Å². The predicted octanol–water partition coefficient (Wildman–Crippen LogP) is 1.65. The standard InChI is InChI=1S/C23H26N2O4/c26-21(24-10-12-29-13-11-24)18(14-15-4-2-1-3-5-15)25-22(27)19-16-6-7-17(9-8-16)20(19)23(25)28/h1-7,16-20H,8-14H2/t16-,17-,18-,19+,20+/m0/s1. The van der Waals surface area contributed by atoms with Crippen molar-refractivity contribution in [1.29, 1.82) is 0 Å². The fourth-order valence-corrected chi connectivity index (χ4v) is 5.53. The van der Waals surface area contributed by atoms with Crippen LogP contribution < -0.4 is 0 Å². The van der Waals surface area contributed by atoms with Crippen molar-refractivity contribution < 1.29 is 19.1 Å². The Morgan fingerprint density at radius 3 is 2.10 bits per heavy atom. The molecule has 6 nitrogen and oxygen atoms in total. The average molecular weight is 394 g/mol. The molecule has 0 N–H and O–H groups in total. The lowest BCUT2D eigenvalue weighted by atomic mass is 9.63. The van der Waals surface area contributed by atoms with Crippen LogP contribution in [-0.4, -0.2) is 59.9 Å². The van der Waals surface area contributed by atoms with Gasteiger partial charge in [-0.1, -0.05) is 42.5 Å². The predicted molar refractivity (Wildman–Crippen MR) is 106 cm³/mol. The Labute approximate surface area is 170 Å². The number of hydrogen-bond acceptors (Lipinski definition) is 4. The Bertz CT molecular complexity index is 814. The molecule has 0 radical (unpaired) electrons. The molecule has 0 aromatic heterocycles. The van der Waals surface area contributed by atoms with E-state index in [1.165, 1.54) is 4.90 Å². The smallest absolute Gasteiger partial charge is 0.246 e. The highest BCUT2D eigenvalue weighted by Gasteiger charge is 2.58. The maximum atomic E-state index is 13.5. The van der Waals surface area contributed by atoms with Crippen LogP contribution in [0.4, 0.5) is 0 Å². The van der Waals surface area contributed by atoms with E-state index in [4.69, 9.17) is 4.74 Å². The van der Waals surface area contributed by atoms with E-state index in [1.54, 1.807) is 4.90 Å². The highest BCUT2D eigenvalue weighted by Crippen LogP contribution is 2.50. The summed E-state index contributed by atoms with van der Waals surface area (Å²) >= 11 is 0. The third-order valence-corrected chi connectivity index (χ3v) is 6.98. The van der Waals surface area contributed by atoms with E-state index in [9.17, 15) is 14.4 Å². The third-order valence-electron chi connectivity index (χ3n) is 6.98. The van der Waals surface area contributed by atoms with Crippen LogP contribution in [-0.2, 0) is 25.5 Å². The first kappa shape index (κ1) is 18.6. The third kappa shape index (κ3) is 3.10. The van der Waals surface area contributed by atoms with E-state index in [2.05, 4.69) is 12.2 Å². The molecule has 2 aliphatic heterocycles. The minimum absolute atomic E-state index is 0.127. The zero-order valence-electron chi connectivity index (χ0n) is 16.4. The average Bonchev–Trinajstić information content (AvgIpc) is 3.06. The van der Waals surface area contributed by atoms with E-state index in [0.29, 0.717) is 32.7 Å². The van der Waals surface area contributed by atoms with Crippen LogP contribution in [0.3, 0.4) is 0 Å². The maximum absolute atomic E-state index is 13.5. The molecule has 1 saturated carbocycles. The van der Waals surface area contributed by atoms with Crippen LogP contribution in [0.2, 0.25) is 0 Å². The molecule has 0 spiro atoms. The van der Waals surface area contributed by atoms with Crippen molar-refractivity contribution in [3.8, 4) is 0 Å². The Kier molecular flexibility index (Phi) is 4.74. The highest BCUT2D eigenvalue weighted by atomic mass is 16.5. The molecule has 1 aromatic rings. The topological polar surface area (TPSA) is 66.9 Å². The molecule has 2 heterocycles. The van der Waals surface area contributed by atoms with Gasteiger partial charge in [0.25, 0.3) is 0 Å². The number of carbonyl (C=O) groups excluding carboxylic acids is 3. The van der Waals surface area contributed by atoms with Gasteiger partial charge in [0.2, 0.25) is 17.7 Å². The number of carbonyl (C=O) groups is 3.